The normalized spacial score (nSPS) is 17.0. The molecule has 0 bridgehead atoms. The van der Waals surface area contributed by atoms with Crippen molar-refractivity contribution in [3.63, 3.8) is 0 Å². The van der Waals surface area contributed by atoms with Crippen LogP contribution in [0.15, 0.2) is 25.1 Å². The molecule has 1 N–H and O–H groups in total. The number of hydrogen-bond donors (Lipinski definition) is 1. The molecule has 1 aliphatic rings. The summed E-state index contributed by atoms with van der Waals surface area (Å²) in [5.41, 5.74) is 0. The lowest BCUT2D eigenvalue weighted by atomic mass is 10.1. The molecule has 0 saturated carbocycles. The van der Waals surface area contributed by atoms with Gasteiger partial charge in [-0.25, -0.2) is 4.79 Å². The maximum Gasteiger partial charge on any atom is 0.330 e. The van der Waals surface area contributed by atoms with Crippen molar-refractivity contribution in [1.29, 1.82) is 0 Å². The van der Waals surface area contributed by atoms with Crippen LogP contribution in [0.1, 0.15) is 57.8 Å². The van der Waals surface area contributed by atoms with E-state index >= 15 is 0 Å². The zero-order chi connectivity index (χ0) is 16.0. The van der Waals surface area contributed by atoms with Crippen LogP contribution in [-0.4, -0.2) is 37.7 Å². The van der Waals surface area contributed by atoms with Crippen LogP contribution in [0.25, 0.3) is 0 Å². The van der Waals surface area contributed by atoms with Crippen LogP contribution in [0, 0.1) is 0 Å². The summed E-state index contributed by atoms with van der Waals surface area (Å²) in [5.74, 6) is -0.307. The van der Waals surface area contributed by atoms with Crippen molar-refractivity contribution in [2.75, 3.05) is 26.9 Å². The van der Waals surface area contributed by atoms with E-state index in [1.807, 2.05) is 0 Å². The SMILES string of the molecule is C=CC(=O)OCCCCCCCCCCC[NH+]1C=CN(C)C1. The smallest absolute Gasteiger partial charge is 0.330 e. The van der Waals surface area contributed by atoms with E-state index in [0.29, 0.717) is 6.61 Å². The Morgan fingerprint density at radius 1 is 1.14 bits per heavy atom. The first-order chi connectivity index (χ1) is 10.7. The number of nitrogens with one attached hydrogen (secondary N) is 1. The minimum Gasteiger partial charge on any atom is -0.463 e. The minimum absolute atomic E-state index is 0.307. The van der Waals surface area contributed by atoms with Crippen LogP contribution >= 0.6 is 0 Å². The van der Waals surface area contributed by atoms with Crippen LogP contribution in [-0.2, 0) is 9.53 Å². The van der Waals surface area contributed by atoms with Gasteiger partial charge in [0.1, 0.15) is 6.20 Å². The molecule has 0 fully saturated rings. The van der Waals surface area contributed by atoms with E-state index in [1.54, 1.807) is 4.90 Å². The summed E-state index contributed by atoms with van der Waals surface area (Å²) < 4.78 is 4.95. The molecule has 1 atom stereocenters. The number of esters is 1. The number of carbonyl (C=O) groups excluding carboxylic acids is 1. The summed E-state index contributed by atoms with van der Waals surface area (Å²) in [7, 11) is 2.13. The molecule has 0 saturated heterocycles. The van der Waals surface area contributed by atoms with E-state index in [4.69, 9.17) is 4.74 Å². The predicted molar refractivity (Wildman–Crippen MR) is 90.3 cm³/mol. The first-order valence-corrected chi connectivity index (χ1v) is 8.74. The van der Waals surface area contributed by atoms with E-state index in [-0.39, 0.29) is 5.97 Å². The molecule has 0 aromatic heterocycles. The number of unbranched alkanes of at least 4 members (excludes halogenated alkanes) is 8. The highest BCUT2D eigenvalue weighted by Gasteiger charge is 2.12. The predicted octanol–water partition coefficient (Wildman–Crippen LogP) is 2.49. The molecule has 0 amide bonds. The van der Waals surface area contributed by atoms with Crippen LogP contribution < -0.4 is 4.90 Å². The lowest BCUT2D eigenvalue weighted by Gasteiger charge is -2.12. The van der Waals surface area contributed by atoms with Crippen molar-refractivity contribution < 1.29 is 14.4 Å². The lowest BCUT2D eigenvalue weighted by Crippen LogP contribution is -3.07. The van der Waals surface area contributed by atoms with Crippen LogP contribution in [0.4, 0.5) is 0 Å². The van der Waals surface area contributed by atoms with Crippen molar-refractivity contribution >= 4 is 5.97 Å². The molecule has 0 aromatic carbocycles. The topological polar surface area (TPSA) is 34.0 Å². The highest BCUT2D eigenvalue weighted by atomic mass is 16.5. The second-order valence-electron chi connectivity index (χ2n) is 6.19. The van der Waals surface area contributed by atoms with Crippen molar-refractivity contribution in [2.24, 2.45) is 0 Å². The third kappa shape index (κ3) is 9.61. The Morgan fingerprint density at radius 2 is 1.73 bits per heavy atom. The second kappa shape index (κ2) is 12.3. The first-order valence-electron chi connectivity index (χ1n) is 8.74. The van der Waals surface area contributed by atoms with Gasteiger partial charge in [0.05, 0.1) is 19.4 Å². The van der Waals surface area contributed by atoms with Gasteiger partial charge in [-0.05, 0) is 19.3 Å². The average Bonchev–Trinajstić information content (AvgIpc) is 2.93. The van der Waals surface area contributed by atoms with E-state index in [2.05, 4.69) is 30.9 Å². The number of nitrogens with zero attached hydrogens (tertiary/aromatic N) is 1. The van der Waals surface area contributed by atoms with Crippen molar-refractivity contribution in [3.05, 3.63) is 25.1 Å². The summed E-state index contributed by atoms with van der Waals surface area (Å²) in [5, 5.41) is 0. The molecule has 4 heteroatoms. The Hall–Kier alpha value is -1.29. The Balaban J connectivity index is 1.74. The number of carbonyl (C=O) groups is 1. The fourth-order valence-corrected chi connectivity index (χ4v) is 2.74. The quantitative estimate of drug-likeness (QED) is 0.322. The van der Waals surface area contributed by atoms with Gasteiger partial charge in [0, 0.05) is 13.1 Å². The Kier molecular flexibility index (Phi) is 10.5. The standard InChI is InChI=1S/C18H32N2O2/c1-3-18(21)22-16-12-10-8-6-4-5-7-9-11-13-20-15-14-19(2)17-20/h3,14-15H,1,4-13,16-17H2,2H3/p+1. The van der Waals surface area contributed by atoms with E-state index < -0.39 is 0 Å². The molecule has 1 rings (SSSR count). The van der Waals surface area contributed by atoms with Gasteiger partial charge in [-0.15, -0.1) is 0 Å². The molecule has 22 heavy (non-hydrogen) atoms. The molecule has 0 aromatic rings. The van der Waals surface area contributed by atoms with Crippen LogP contribution in [0.3, 0.4) is 0 Å². The third-order valence-electron chi connectivity index (χ3n) is 4.07. The first kappa shape index (κ1) is 18.8. The minimum atomic E-state index is -0.307. The van der Waals surface area contributed by atoms with Gasteiger partial charge in [-0.3, -0.25) is 4.90 Å². The molecule has 0 spiro atoms. The zero-order valence-electron chi connectivity index (χ0n) is 14.2. The molecule has 1 unspecified atom stereocenters. The maximum atomic E-state index is 10.8. The van der Waals surface area contributed by atoms with Gasteiger partial charge >= 0.3 is 5.97 Å². The monoisotopic (exact) mass is 309 g/mol. The van der Waals surface area contributed by atoms with Gasteiger partial charge in [0.2, 0.25) is 0 Å². The summed E-state index contributed by atoms with van der Waals surface area (Å²) >= 11 is 0. The highest BCUT2D eigenvalue weighted by molar-refractivity contribution is 5.81. The van der Waals surface area contributed by atoms with Gasteiger partial charge in [-0.1, -0.05) is 45.1 Å². The average molecular weight is 309 g/mol. The van der Waals surface area contributed by atoms with Gasteiger partial charge in [-0.2, -0.15) is 0 Å². The van der Waals surface area contributed by atoms with Crippen molar-refractivity contribution in [3.8, 4) is 0 Å². The number of ether oxygens (including phenoxy) is 1. The Labute approximate surface area is 135 Å². The van der Waals surface area contributed by atoms with Crippen molar-refractivity contribution in [2.45, 2.75) is 57.8 Å². The molecule has 1 aliphatic heterocycles. The molecule has 0 radical (unpaired) electrons. The molecule has 4 nitrogen and oxygen atoms in total. The zero-order valence-corrected chi connectivity index (χ0v) is 14.2. The van der Waals surface area contributed by atoms with Crippen molar-refractivity contribution in [1.82, 2.24) is 4.90 Å². The summed E-state index contributed by atoms with van der Waals surface area (Å²) in [6.07, 6.45) is 17.1. The molecular formula is C18H33N2O2+. The van der Waals surface area contributed by atoms with Gasteiger partial charge < -0.3 is 9.64 Å². The summed E-state index contributed by atoms with van der Waals surface area (Å²) in [6.45, 7) is 6.31. The summed E-state index contributed by atoms with van der Waals surface area (Å²) in [6, 6.07) is 0. The number of hydrogen-bond acceptors (Lipinski definition) is 3. The largest absolute Gasteiger partial charge is 0.463 e. The number of rotatable bonds is 13. The van der Waals surface area contributed by atoms with Crippen LogP contribution in [0.2, 0.25) is 0 Å². The van der Waals surface area contributed by atoms with Gasteiger partial charge in [0.25, 0.3) is 0 Å². The van der Waals surface area contributed by atoms with Gasteiger partial charge in [0.15, 0.2) is 6.67 Å². The molecule has 1 heterocycles. The van der Waals surface area contributed by atoms with Crippen LogP contribution in [0.5, 0.6) is 0 Å². The fourth-order valence-electron chi connectivity index (χ4n) is 2.74. The van der Waals surface area contributed by atoms with E-state index in [9.17, 15) is 4.79 Å². The second-order valence-corrected chi connectivity index (χ2v) is 6.19. The lowest BCUT2D eigenvalue weighted by molar-refractivity contribution is -0.848. The maximum absolute atomic E-state index is 10.8. The molecular weight excluding hydrogens is 276 g/mol. The van der Waals surface area contributed by atoms with E-state index in [0.717, 1.165) is 19.5 Å². The molecule has 126 valence electrons. The van der Waals surface area contributed by atoms with E-state index in [1.165, 1.54) is 57.6 Å². The summed E-state index contributed by atoms with van der Waals surface area (Å²) in [4.78, 5) is 14.7. The Morgan fingerprint density at radius 3 is 2.27 bits per heavy atom. The molecule has 0 aliphatic carbocycles. The number of quaternary nitrogens is 1. The fraction of sp³-hybridized carbons (Fsp3) is 0.722. The Bertz CT molecular complexity index is 342. The third-order valence-corrected chi connectivity index (χ3v) is 4.07. The highest BCUT2D eigenvalue weighted by Crippen LogP contribution is 2.09.